The summed E-state index contributed by atoms with van der Waals surface area (Å²) in [4.78, 5) is 15.5. The monoisotopic (exact) mass is 200 g/mol. The number of hydrogen-bond donors (Lipinski definition) is 1. The van der Waals surface area contributed by atoms with E-state index >= 15 is 0 Å². The van der Waals surface area contributed by atoms with Crippen molar-refractivity contribution in [3.8, 4) is 0 Å². The lowest BCUT2D eigenvalue weighted by atomic mass is 10.1. The smallest absolute Gasteiger partial charge is 0.248 e. The van der Waals surface area contributed by atoms with Crippen LogP contribution in [0.25, 0.3) is 10.9 Å². The number of carbonyl (C=O) groups is 1. The predicted molar refractivity (Wildman–Crippen MR) is 59.7 cm³/mol. The van der Waals surface area contributed by atoms with Crippen LogP contribution in [-0.2, 0) is 0 Å². The van der Waals surface area contributed by atoms with E-state index < -0.39 is 5.91 Å². The van der Waals surface area contributed by atoms with Crippen LogP contribution in [-0.4, -0.2) is 10.9 Å². The summed E-state index contributed by atoms with van der Waals surface area (Å²) in [6.07, 6.45) is 0. The molecule has 2 rings (SSSR count). The number of aromatic nitrogens is 1. The van der Waals surface area contributed by atoms with Gasteiger partial charge in [0.15, 0.2) is 0 Å². The fourth-order valence-corrected chi connectivity index (χ4v) is 1.65. The number of rotatable bonds is 1. The molecule has 2 aromatic rings. The van der Waals surface area contributed by atoms with Gasteiger partial charge in [-0.2, -0.15) is 0 Å². The largest absolute Gasteiger partial charge is 0.366 e. The minimum atomic E-state index is -0.402. The number of primary amides is 1. The van der Waals surface area contributed by atoms with Gasteiger partial charge in [-0.1, -0.05) is 6.07 Å². The zero-order chi connectivity index (χ0) is 11.0. The second kappa shape index (κ2) is 3.35. The van der Waals surface area contributed by atoms with Crippen LogP contribution in [0, 0.1) is 13.8 Å². The van der Waals surface area contributed by atoms with Gasteiger partial charge in [-0.25, -0.2) is 0 Å². The zero-order valence-electron chi connectivity index (χ0n) is 8.74. The van der Waals surface area contributed by atoms with Crippen LogP contribution in [0.1, 0.15) is 21.6 Å². The summed E-state index contributed by atoms with van der Waals surface area (Å²) in [5, 5.41) is 0.953. The Morgan fingerprint density at radius 1 is 1.27 bits per heavy atom. The molecular formula is C12H12N2O. The third-order valence-corrected chi connectivity index (χ3v) is 2.41. The van der Waals surface area contributed by atoms with Gasteiger partial charge in [0.1, 0.15) is 0 Å². The van der Waals surface area contributed by atoms with Gasteiger partial charge in [-0.05, 0) is 37.6 Å². The van der Waals surface area contributed by atoms with Crippen molar-refractivity contribution in [2.75, 3.05) is 0 Å². The molecule has 0 radical (unpaired) electrons. The second-order valence-corrected chi connectivity index (χ2v) is 3.68. The minimum absolute atomic E-state index is 0.402. The van der Waals surface area contributed by atoms with Crippen molar-refractivity contribution in [3.05, 3.63) is 41.1 Å². The Morgan fingerprint density at radius 2 is 2.00 bits per heavy atom. The summed E-state index contributed by atoms with van der Waals surface area (Å²) in [6, 6.07) is 7.43. The lowest BCUT2D eigenvalue weighted by Crippen LogP contribution is -2.11. The summed E-state index contributed by atoms with van der Waals surface area (Å²) in [6.45, 7) is 3.88. The van der Waals surface area contributed by atoms with Crippen molar-refractivity contribution in [1.82, 2.24) is 4.98 Å². The number of benzene rings is 1. The van der Waals surface area contributed by atoms with Gasteiger partial charge in [0.25, 0.3) is 0 Å². The van der Waals surface area contributed by atoms with Crippen molar-refractivity contribution in [2.24, 2.45) is 5.73 Å². The molecule has 3 heteroatoms. The van der Waals surface area contributed by atoms with E-state index in [-0.39, 0.29) is 0 Å². The minimum Gasteiger partial charge on any atom is -0.366 e. The van der Waals surface area contributed by atoms with Crippen molar-refractivity contribution in [1.29, 1.82) is 0 Å². The molecule has 0 unspecified atom stereocenters. The molecule has 1 aromatic carbocycles. The Kier molecular flexibility index (Phi) is 2.15. The molecule has 0 fully saturated rings. The fraction of sp³-hybridized carbons (Fsp3) is 0.167. The first kappa shape index (κ1) is 9.65. The Labute approximate surface area is 87.9 Å². The Balaban J connectivity index is 2.78. The van der Waals surface area contributed by atoms with Crippen molar-refractivity contribution in [3.63, 3.8) is 0 Å². The standard InChI is InChI=1S/C12H12N2O/c1-7-5-10(12(13)15)6-9-4-3-8(2)14-11(7)9/h3-6H,1-2H3,(H2,13,15). The maximum atomic E-state index is 11.1. The lowest BCUT2D eigenvalue weighted by molar-refractivity contribution is 0.100. The van der Waals surface area contributed by atoms with E-state index in [1.54, 1.807) is 12.1 Å². The molecule has 1 heterocycles. The second-order valence-electron chi connectivity index (χ2n) is 3.68. The molecular weight excluding hydrogens is 188 g/mol. The predicted octanol–water partition coefficient (Wildman–Crippen LogP) is 1.95. The number of pyridine rings is 1. The average Bonchev–Trinajstić information content (AvgIpc) is 2.18. The SMILES string of the molecule is Cc1ccc2cc(C(N)=O)cc(C)c2n1. The summed E-state index contributed by atoms with van der Waals surface area (Å²) < 4.78 is 0. The molecule has 15 heavy (non-hydrogen) atoms. The van der Waals surface area contributed by atoms with E-state index in [0.29, 0.717) is 5.56 Å². The summed E-state index contributed by atoms with van der Waals surface area (Å²) in [5.74, 6) is -0.402. The highest BCUT2D eigenvalue weighted by molar-refractivity contribution is 5.97. The van der Waals surface area contributed by atoms with E-state index in [0.717, 1.165) is 22.2 Å². The van der Waals surface area contributed by atoms with Gasteiger partial charge in [0.2, 0.25) is 5.91 Å². The number of nitrogens with zero attached hydrogens (tertiary/aromatic N) is 1. The van der Waals surface area contributed by atoms with Crippen LogP contribution in [0.2, 0.25) is 0 Å². The third kappa shape index (κ3) is 1.68. The van der Waals surface area contributed by atoms with E-state index in [2.05, 4.69) is 4.98 Å². The summed E-state index contributed by atoms with van der Waals surface area (Å²) in [7, 11) is 0. The maximum Gasteiger partial charge on any atom is 0.248 e. The number of carbonyl (C=O) groups excluding carboxylic acids is 1. The van der Waals surface area contributed by atoms with Gasteiger partial charge < -0.3 is 5.73 Å². The molecule has 0 aliphatic rings. The molecule has 1 aromatic heterocycles. The number of nitrogens with two attached hydrogens (primary N) is 1. The molecule has 3 nitrogen and oxygen atoms in total. The molecule has 0 atom stereocenters. The average molecular weight is 200 g/mol. The zero-order valence-corrected chi connectivity index (χ0v) is 8.74. The highest BCUT2D eigenvalue weighted by Gasteiger charge is 2.05. The lowest BCUT2D eigenvalue weighted by Gasteiger charge is -2.04. The van der Waals surface area contributed by atoms with E-state index in [1.165, 1.54) is 0 Å². The maximum absolute atomic E-state index is 11.1. The van der Waals surface area contributed by atoms with Gasteiger partial charge in [-0.15, -0.1) is 0 Å². The molecule has 0 saturated heterocycles. The molecule has 0 aliphatic carbocycles. The molecule has 0 spiro atoms. The topological polar surface area (TPSA) is 56.0 Å². The number of hydrogen-bond acceptors (Lipinski definition) is 2. The number of amides is 1. The fourth-order valence-electron chi connectivity index (χ4n) is 1.65. The van der Waals surface area contributed by atoms with E-state index in [4.69, 9.17) is 5.73 Å². The molecule has 1 amide bonds. The van der Waals surface area contributed by atoms with Crippen molar-refractivity contribution < 1.29 is 4.79 Å². The normalized spacial score (nSPS) is 10.5. The van der Waals surface area contributed by atoms with Gasteiger partial charge in [0, 0.05) is 16.6 Å². The van der Waals surface area contributed by atoms with Crippen LogP contribution in [0.15, 0.2) is 24.3 Å². The Hall–Kier alpha value is -1.90. The van der Waals surface area contributed by atoms with Crippen LogP contribution >= 0.6 is 0 Å². The first-order valence-corrected chi connectivity index (χ1v) is 4.76. The van der Waals surface area contributed by atoms with Crippen molar-refractivity contribution >= 4 is 16.8 Å². The highest BCUT2D eigenvalue weighted by atomic mass is 16.1. The van der Waals surface area contributed by atoms with E-state index in [9.17, 15) is 4.79 Å². The molecule has 76 valence electrons. The molecule has 2 N–H and O–H groups in total. The van der Waals surface area contributed by atoms with Gasteiger partial charge >= 0.3 is 0 Å². The summed E-state index contributed by atoms with van der Waals surface area (Å²) >= 11 is 0. The Morgan fingerprint density at radius 3 is 2.67 bits per heavy atom. The Bertz CT molecular complexity index is 547. The van der Waals surface area contributed by atoms with E-state index in [1.807, 2.05) is 26.0 Å². The first-order chi connectivity index (χ1) is 7.08. The van der Waals surface area contributed by atoms with Crippen LogP contribution in [0.4, 0.5) is 0 Å². The highest BCUT2D eigenvalue weighted by Crippen LogP contribution is 2.19. The molecule has 0 aliphatic heterocycles. The molecule has 0 saturated carbocycles. The third-order valence-electron chi connectivity index (χ3n) is 2.41. The van der Waals surface area contributed by atoms with Gasteiger partial charge in [-0.3, -0.25) is 9.78 Å². The number of fused-ring (bicyclic) bond motifs is 1. The quantitative estimate of drug-likeness (QED) is 0.764. The van der Waals surface area contributed by atoms with Gasteiger partial charge in [0.05, 0.1) is 5.52 Å². The summed E-state index contributed by atoms with van der Waals surface area (Å²) in [5.41, 5.74) is 8.65. The van der Waals surface area contributed by atoms with Crippen LogP contribution < -0.4 is 5.73 Å². The first-order valence-electron chi connectivity index (χ1n) is 4.76. The van der Waals surface area contributed by atoms with Crippen LogP contribution in [0.5, 0.6) is 0 Å². The number of aryl methyl sites for hydroxylation is 2. The molecule has 0 bridgehead atoms. The van der Waals surface area contributed by atoms with Crippen LogP contribution in [0.3, 0.4) is 0 Å². The van der Waals surface area contributed by atoms with Crippen molar-refractivity contribution in [2.45, 2.75) is 13.8 Å².